The molecule has 12 rings (SSSR count). The first-order chi connectivity index (χ1) is 65.0. The van der Waals surface area contributed by atoms with Gasteiger partial charge in [0.15, 0.2) is 34.8 Å². The van der Waals surface area contributed by atoms with Gasteiger partial charge in [-0.2, -0.15) is 0 Å². The Bertz CT molecular complexity index is 4080. The average molecular weight is 1890 g/mol. The normalized spacial score (nSPS) is 25.3. The Balaban J connectivity index is 0.000000930. The van der Waals surface area contributed by atoms with Crippen LogP contribution in [0.25, 0.3) is 0 Å². The van der Waals surface area contributed by atoms with Crippen molar-refractivity contribution in [3.8, 4) is 11.5 Å². The van der Waals surface area contributed by atoms with Crippen LogP contribution in [0.3, 0.4) is 0 Å². The van der Waals surface area contributed by atoms with Crippen LogP contribution in [0.5, 0.6) is 11.5 Å². The van der Waals surface area contributed by atoms with Gasteiger partial charge >= 0.3 is 23.9 Å². The fraction of sp³-hybridized carbons (Fsp3) is 0.684. The molecule has 0 aromatic heterocycles. The lowest BCUT2D eigenvalue weighted by molar-refractivity contribution is -0.139. The SMILES string of the molecule is C=CC(=O)OCCCCCCOC1CCC(C2CCC(c3cc(F)c(CCC)c(F)c3)CC2)CC1.C=CC(=O)OCCCCCCOc1c(F)cc(C2CCC(C3CCC(CCC)CC3)CC2)cc1F.C=CC(=O)OCCCOC1CCC(C2CCC(c3cc(F)c(CCC)c(F)c3)CC2)CC1.C=CC(=O)OCCCOc1c(F)cc(C2CCC(C3CCC(CCC)CC3)CC2)cc1F.[HH].[HH].[HH].[HH].[HH].[HH].[HH].[HH]. The second kappa shape index (κ2) is 61.2. The van der Waals surface area contributed by atoms with Crippen LogP contribution in [0.15, 0.2) is 99.2 Å². The van der Waals surface area contributed by atoms with Gasteiger partial charge in [-0.15, -0.1) is 0 Å². The van der Waals surface area contributed by atoms with E-state index in [1.165, 1.54) is 178 Å². The van der Waals surface area contributed by atoms with Crippen molar-refractivity contribution in [3.63, 3.8) is 0 Å². The number of rotatable bonds is 46. The molecule has 4 aromatic carbocycles. The van der Waals surface area contributed by atoms with Crippen LogP contribution in [0, 0.1) is 106 Å². The van der Waals surface area contributed by atoms with Gasteiger partial charge in [0.2, 0.25) is 0 Å². The molecule has 0 amide bonds. The Kier molecular flexibility index (Phi) is 50.4. The van der Waals surface area contributed by atoms with Gasteiger partial charge in [0.1, 0.15) is 23.3 Å². The van der Waals surface area contributed by atoms with Crippen molar-refractivity contribution in [1.29, 1.82) is 0 Å². The fourth-order valence-electron chi connectivity index (χ4n) is 23.5. The van der Waals surface area contributed by atoms with E-state index in [4.69, 9.17) is 37.9 Å². The molecule has 0 spiro atoms. The molecule has 8 saturated carbocycles. The number of hydrogen-bond donors (Lipinski definition) is 0. The van der Waals surface area contributed by atoms with Crippen LogP contribution in [0.2, 0.25) is 0 Å². The number of hydrogen-bond acceptors (Lipinski definition) is 12. The van der Waals surface area contributed by atoms with Gasteiger partial charge in [-0.25, -0.2) is 54.3 Å². The molecule has 8 fully saturated rings. The van der Waals surface area contributed by atoms with E-state index in [0.717, 1.165) is 248 Å². The van der Waals surface area contributed by atoms with E-state index in [1.54, 1.807) is 24.3 Å². The summed E-state index contributed by atoms with van der Waals surface area (Å²) >= 11 is 0. The highest BCUT2D eigenvalue weighted by Gasteiger charge is 2.38. The molecule has 0 N–H and O–H groups in total. The molecule has 0 heterocycles. The van der Waals surface area contributed by atoms with Crippen LogP contribution in [-0.2, 0) is 60.4 Å². The minimum atomic E-state index is -0.653. The van der Waals surface area contributed by atoms with Crippen LogP contribution in [0.4, 0.5) is 35.1 Å². The number of carbonyl (C=O) groups excluding carboxylic acids is 4. The average Bonchev–Trinajstić information content (AvgIpc) is 0.822. The van der Waals surface area contributed by atoms with Crippen molar-refractivity contribution in [3.05, 3.63) is 179 Å². The van der Waals surface area contributed by atoms with Gasteiger partial charge in [0.05, 0.1) is 58.5 Å². The van der Waals surface area contributed by atoms with Crippen LogP contribution >= 0.6 is 0 Å². The van der Waals surface area contributed by atoms with E-state index in [2.05, 4.69) is 40.2 Å². The zero-order chi connectivity index (χ0) is 95.9. The summed E-state index contributed by atoms with van der Waals surface area (Å²) in [5, 5.41) is 0. The zero-order valence-corrected chi connectivity index (χ0v) is 81.9. The molecule has 12 nitrogen and oxygen atoms in total. The predicted molar refractivity (Wildman–Crippen MR) is 535 cm³/mol. The topological polar surface area (TPSA) is 142 Å². The highest BCUT2D eigenvalue weighted by Crippen LogP contribution is 2.50. The number of esters is 4. The van der Waals surface area contributed by atoms with Gasteiger partial charge in [-0.3, -0.25) is 0 Å². The number of ether oxygens (including phenoxy) is 8. The molecular weight excluding hydrogens is 1710 g/mol. The summed E-state index contributed by atoms with van der Waals surface area (Å²) in [5.41, 5.74) is 3.71. The van der Waals surface area contributed by atoms with Crippen LogP contribution < -0.4 is 9.47 Å². The lowest BCUT2D eigenvalue weighted by Crippen LogP contribution is -2.28. The molecule has 0 bridgehead atoms. The fourth-order valence-corrected chi connectivity index (χ4v) is 23.5. The molecular formula is C114H180F8O12. The third kappa shape index (κ3) is 37.1. The number of halogens is 8. The molecule has 20 heteroatoms. The Morgan fingerprint density at radius 1 is 0.276 bits per heavy atom. The van der Waals surface area contributed by atoms with Crippen molar-refractivity contribution >= 4 is 23.9 Å². The highest BCUT2D eigenvalue weighted by atomic mass is 19.2. The maximum absolute atomic E-state index is 14.7. The Labute approximate surface area is 810 Å². The Morgan fingerprint density at radius 3 is 0.754 bits per heavy atom. The van der Waals surface area contributed by atoms with Gasteiger partial charge in [0, 0.05) is 66.3 Å². The minimum absolute atomic E-state index is 0. The quantitative estimate of drug-likeness (QED) is 0.0137. The number of carbonyl (C=O) groups is 4. The standard InChI is InChI=1S/2C30H44F2O3.2C27H38F2O3.8H2/c1-3-9-27-28(31)20-25(21-29(27)32)24-12-10-22(11-13-24)23-14-16-26(17-15-23)34-18-7-5-6-8-19-35-30(33)4-2;1-3-9-22-10-12-23(13-11-22)24-14-16-25(17-15-24)26-20-27(31)30(28(32)21-26)35-19-8-6-5-7-18-34-29(33)4-2;1-3-6-24-25(28)17-22(18-26(24)29)21-9-7-19(8-10-21)20-11-13-23(14-12-20)31-15-5-16-32-27(30)4-2;1-3-6-19-7-9-20(10-8-19)21-11-13-22(14-12-21)23-17-24(28)27(25(29)18-23)32-16-5-15-31-26(30)4-2;;;;;;;;/h4,20-24,26H,2-3,5-19H2,1H3;4,20-25H,2-3,5-19H2,1H3;4,17-21,23H,2-3,5-16H2,1H3;4,17-22H,2-3,5-16H2,1H3;8*1H. The lowest BCUT2D eigenvalue weighted by atomic mass is 9.68. The summed E-state index contributed by atoms with van der Waals surface area (Å²) in [7, 11) is 0. The Hall–Kier alpha value is -7.32. The third-order valence-corrected chi connectivity index (χ3v) is 31.1. The summed E-state index contributed by atoms with van der Waals surface area (Å²) in [6.45, 7) is 25.0. The summed E-state index contributed by atoms with van der Waals surface area (Å²) in [6.07, 6.45) is 59.3. The second-order valence-corrected chi connectivity index (χ2v) is 40.2. The van der Waals surface area contributed by atoms with Crippen molar-refractivity contribution in [1.82, 2.24) is 0 Å². The molecule has 8 aliphatic carbocycles. The van der Waals surface area contributed by atoms with Gasteiger partial charge in [0.25, 0.3) is 0 Å². The van der Waals surface area contributed by atoms with E-state index in [1.807, 2.05) is 13.8 Å². The number of unbranched alkanes of at least 4 members (excludes halogenated alkanes) is 6. The monoisotopic (exact) mass is 1890 g/mol. The van der Waals surface area contributed by atoms with Gasteiger partial charge in [-0.05, 0) is 391 Å². The van der Waals surface area contributed by atoms with Crippen molar-refractivity contribution in [2.75, 3.05) is 52.9 Å². The lowest BCUT2D eigenvalue weighted by Gasteiger charge is -2.38. The molecule has 4 aromatic rings. The summed E-state index contributed by atoms with van der Waals surface area (Å²) in [4.78, 5) is 44.0. The maximum atomic E-state index is 14.7. The van der Waals surface area contributed by atoms with Crippen LogP contribution in [0.1, 0.15) is 404 Å². The molecule has 0 unspecified atom stereocenters. The summed E-state index contributed by atoms with van der Waals surface area (Å²) < 4.78 is 159. The first kappa shape index (κ1) is 110. The first-order valence-electron chi connectivity index (χ1n) is 52.6. The molecule has 0 saturated heterocycles. The summed E-state index contributed by atoms with van der Waals surface area (Å²) in [6, 6.07) is 12.2. The molecule has 8 aliphatic rings. The van der Waals surface area contributed by atoms with Gasteiger partial charge < -0.3 is 37.9 Å². The zero-order valence-electron chi connectivity index (χ0n) is 81.9. The van der Waals surface area contributed by atoms with E-state index in [-0.39, 0.29) is 107 Å². The van der Waals surface area contributed by atoms with Crippen molar-refractivity contribution in [2.24, 2.45) is 59.2 Å². The maximum Gasteiger partial charge on any atom is 0.330 e. The number of benzene rings is 4. The second-order valence-electron chi connectivity index (χ2n) is 40.2. The van der Waals surface area contributed by atoms with E-state index in [0.29, 0.717) is 76.7 Å². The molecule has 0 atom stereocenters. The van der Waals surface area contributed by atoms with Crippen molar-refractivity contribution in [2.45, 2.75) is 385 Å². The minimum Gasteiger partial charge on any atom is -0.488 e. The largest absolute Gasteiger partial charge is 0.488 e. The van der Waals surface area contributed by atoms with E-state index >= 15 is 0 Å². The van der Waals surface area contributed by atoms with E-state index in [9.17, 15) is 54.3 Å². The van der Waals surface area contributed by atoms with Gasteiger partial charge in [-0.1, -0.05) is 125 Å². The molecule has 764 valence electrons. The van der Waals surface area contributed by atoms with Crippen molar-refractivity contribution < 1.29 is 104 Å². The molecule has 134 heavy (non-hydrogen) atoms. The van der Waals surface area contributed by atoms with Crippen LogP contribution in [-0.4, -0.2) is 88.9 Å². The predicted octanol–water partition coefficient (Wildman–Crippen LogP) is 32.8. The van der Waals surface area contributed by atoms with E-state index < -0.39 is 35.2 Å². The summed E-state index contributed by atoms with van der Waals surface area (Å²) in [5.74, 6) is 2.92. The molecule has 0 aliphatic heterocycles. The molecule has 0 radical (unpaired) electrons. The first-order valence-corrected chi connectivity index (χ1v) is 52.6. The Morgan fingerprint density at radius 2 is 0.493 bits per heavy atom. The smallest absolute Gasteiger partial charge is 0.330 e. The highest BCUT2D eigenvalue weighted by molar-refractivity contribution is 5.82. The third-order valence-electron chi connectivity index (χ3n) is 31.1.